The van der Waals surface area contributed by atoms with Crippen molar-refractivity contribution in [1.82, 2.24) is 54.9 Å². The molecule has 13 rings (SSSR count). The van der Waals surface area contributed by atoms with Crippen molar-refractivity contribution in [3.63, 3.8) is 0 Å². The van der Waals surface area contributed by atoms with Gasteiger partial charge in [-0.1, -0.05) is 5.16 Å². The van der Waals surface area contributed by atoms with Gasteiger partial charge in [-0.25, -0.2) is 38.2 Å². The number of hydrogen-bond donors (Lipinski definition) is 3. The van der Waals surface area contributed by atoms with Crippen molar-refractivity contribution in [3.05, 3.63) is 53.8 Å². The number of carbonyl (C=O) groups is 4. The molecule has 8 aliphatic rings. The van der Waals surface area contributed by atoms with Crippen LogP contribution in [0.3, 0.4) is 0 Å². The minimum atomic E-state index is -0.753. The van der Waals surface area contributed by atoms with Crippen molar-refractivity contribution < 1.29 is 37.2 Å². The van der Waals surface area contributed by atoms with Crippen LogP contribution in [0.4, 0.5) is 30.8 Å². The molecule has 5 aromatic rings. The van der Waals surface area contributed by atoms with Gasteiger partial charge in [0.25, 0.3) is 5.91 Å². The maximum Gasteiger partial charge on any atom is 0.410 e. The quantitative estimate of drug-likeness (QED) is 0.130. The van der Waals surface area contributed by atoms with Gasteiger partial charge in [0.15, 0.2) is 35.5 Å². The SMILES string of the molecule is C[C@@H]1CN(c2c(F)cc(NC3CCC(=O)NC3=O)cc2F)C[C@H](C)N1CC1CCN(C(=O)COC(=O)N2CCC(c3cnc(-c4c(-c5nn(C67CC(C6)C7)c6ncnc(N)c56)noc4C4CC4)nc3)CC2)CC1. The lowest BCUT2D eigenvalue weighted by Crippen LogP contribution is -2.59. The number of nitrogens with one attached hydrogen (secondary N) is 2. The van der Waals surface area contributed by atoms with Gasteiger partial charge in [-0.3, -0.25) is 24.6 Å². The van der Waals surface area contributed by atoms with E-state index in [1.807, 2.05) is 17.1 Å². The number of piperidine rings is 3. The molecule has 1 aromatic carbocycles. The molecule has 2 bridgehead atoms. The number of nitrogen functional groups attached to an aromatic ring is 1. The zero-order valence-electron chi connectivity index (χ0n) is 41.1. The Morgan fingerprint density at radius 1 is 0.877 bits per heavy atom. The van der Waals surface area contributed by atoms with Crippen LogP contribution in [0.25, 0.3) is 33.8 Å². The smallest absolute Gasteiger partial charge is 0.410 e. The zero-order chi connectivity index (χ0) is 50.3. The Kier molecular flexibility index (Phi) is 12.0. The van der Waals surface area contributed by atoms with Gasteiger partial charge in [0.05, 0.1) is 16.5 Å². The molecule has 4 N–H and O–H groups in total. The predicted molar refractivity (Wildman–Crippen MR) is 262 cm³/mol. The minimum absolute atomic E-state index is 0.00352. The Bertz CT molecular complexity index is 2930. The second-order valence-corrected chi connectivity index (χ2v) is 21.7. The number of piperazine rings is 1. The van der Waals surface area contributed by atoms with Gasteiger partial charge >= 0.3 is 6.09 Å². The molecule has 0 spiro atoms. The van der Waals surface area contributed by atoms with Gasteiger partial charge in [-0.15, -0.1) is 0 Å². The van der Waals surface area contributed by atoms with E-state index in [9.17, 15) is 19.2 Å². The summed E-state index contributed by atoms with van der Waals surface area (Å²) in [7, 11) is 0. The summed E-state index contributed by atoms with van der Waals surface area (Å²) in [6.45, 7) is 7.49. The second-order valence-electron chi connectivity index (χ2n) is 21.7. The molecule has 4 amide bonds. The summed E-state index contributed by atoms with van der Waals surface area (Å²) in [4.78, 5) is 76.4. The summed E-state index contributed by atoms with van der Waals surface area (Å²) < 4.78 is 44.7. The molecule has 384 valence electrons. The van der Waals surface area contributed by atoms with Gasteiger partial charge in [0.2, 0.25) is 11.8 Å². The number of carbonyl (C=O) groups excluding carboxylic acids is 4. The molecule has 1 unspecified atom stereocenters. The maximum atomic E-state index is 15.5. The number of hydrogen-bond acceptors (Lipinski definition) is 16. The van der Waals surface area contributed by atoms with Gasteiger partial charge in [0, 0.05) is 88.3 Å². The molecule has 4 aliphatic heterocycles. The number of halogens is 2. The lowest BCUT2D eigenvalue weighted by Gasteiger charge is -2.61. The molecule has 4 saturated heterocycles. The fraction of sp³-hybridized carbons (Fsp3) is 0.569. The van der Waals surface area contributed by atoms with Crippen molar-refractivity contribution >= 4 is 52.0 Å². The van der Waals surface area contributed by atoms with Crippen LogP contribution in [0, 0.1) is 23.5 Å². The van der Waals surface area contributed by atoms with Crippen LogP contribution in [-0.2, 0) is 24.7 Å². The maximum absolute atomic E-state index is 15.5. The minimum Gasteiger partial charge on any atom is -0.439 e. The van der Waals surface area contributed by atoms with E-state index in [1.165, 1.54) is 18.5 Å². The van der Waals surface area contributed by atoms with Crippen molar-refractivity contribution in [1.29, 1.82) is 0 Å². The molecule has 73 heavy (non-hydrogen) atoms. The van der Waals surface area contributed by atoms with E-state index in [4.69, 9.17) is 30.1 Å². The van der Waals surface area contributed by atoms with Crippen LogP contribution in [0.5, 0.6) is 0 Å². The predicted octanol–water partition coefficient (Wildman–Crippen LogP) is 5.56. The molecular weight excluding hydrogens is 943 g/mol. The number of amides is 4. The van der Waals surface area contributed by atoms with Crippen LogP contribution in [0.2, 0.25) is 0 Å². The number of fused-ring (bicyclic) bond motifs is 1. The van der Waals surface area contributed by atoms with E-state index in [-0.39, 0.29) is 72.1 Å². The van der Waals surface area contributed by atoms with Crippen LogP contribution < -0.4 is 21.3 Å². The topological polar surface area (TPSA) is 236 Å². The number of benzene rings is 1. The lowest BCUT2D eigenvalue weighted by molar-refractivity contribution is -0.136. The number of likely N-dealkylation sites (tertiary alicyclic amines) is 2. The average Bonchev–Trinajstić information content (AvgIpc) is 3.99. The number of anilines is 3. The van der Waals surface area contributed by atoms with Crippen LogP contribution >= 0.6 is 0 Å². The first-order valence-corrected chi connectivity index (χ1v) is 25.9. The summed E-state index contributed by atoms with van der Waals surface area (Å²) in [5, 5.41) is 15.4. The van der Waals surface area contributed by atoms with Gasteiger partial charge in [-0.05, 0) is 114 Å². The fourth-order valence-corrected chi connectivity index (χ4v) is 12.4. The number of ether oxygens (including phenoxy) is 1. The molecule has 8 heterocycles. The number of rotatable bonds is 12. The Hall–Kier alpha value is -6.84. The number of nitrogens with zero attached hydrogens (tertiary/aromatic N) is 11. The van der Waals surface area contributed by atoms with Gasteiger partial charge in [-0.2, -0.15) is 5.10 Å². The Morgan fingerprint density at radius 3 is 2.21 bits per heavy atom. The molecule has 3 atom stereocenters. The van der Waals surface area contributed by atoms with Crippen LogP contribution in [0.15, 0.2) is 35.4 Å². The fourth-order valence-electron chi connectivity index (χ4n) is 12.4. The summed E-state index contributed by atoms with van der Waals surface area (Å²) in [6.07, 6.45) is 13.3. The zero-order valence-corrected chi connectivity index (χ0v) is 41.1. The van der Waals surface area contributed by atoms with E-state index < -0.39 is 29.7 Å². The van der Waals surface area contributed by atoms with Crippen LogP contribution in [0.1, 0.15) is 108 Å². The second kappa shape index (κ2) is 18.6. The summed E-state index contributed by atoms with van der Waals surface area (Å²) in [5.41, 5.74) is 10.0. The van der Waals surface area contributed by atoms with E-state index >= 15 is 8.78 Å². The Morgan fingerprint density at radius 2 is 1.56 bits per heavy atom. The summed E-state index contributed by atoms with van der Waals surface area (Å²) >= 11 is 0. The molecule has 4 saturated carbocycles. The summed E-state index contributed by atoms with van der Waals surface area (Å²) in [6, 6.07) is 1.65. The van der Waals surface area contributed by atoms with E-state index in [1.54, 1.807) is 14.7 Å². The monoisotopic (exact) mass is 1000 g/mol. The third-order valence-electron chi connectivity index (χ3n) is 16.7. The standard InChI is InChI=1S/C51H60F2N14O6/c1-27-22-65(44-35(52)15-34(16-36(44)53)59-37-5-6-38(68)60-49(37)70)23-28(2)66(27)24-29-7-11-63(12-8-29)39(69)25-72-50(71)64-13-9-31(10-14-64)33-20-55-47(56-21-33)40-43(62-73-45(40)32-3-4-32)42-41-46(54)57-26-58-48(41)67(61-42)51-17-30(18-51)19-51/h15-16,20-21,26-32,37,59H,3-14,17-19,22-25H2,1-2H3,(H2,54,57,58)(H,60,68,70)/t27-,28+,30?,37?,51?. The van der Waals surface area contributed by atoms with E-state index in [0.717, 1.165) is 74.3 Å². The highest BCUT2D eigenvalue weighted by molar-refractivity contribution is 6.02. The Labute approximate surface area is 419 Å². The van der Waals surface area contributed by atoms with Crippen LogP contribution in [-0.4, -0.2) is 144 Å². The third-order valence-corrected chi connectivity index (χ3v) is 16.7. The van der Waals surface area contributed by atoms with E-state index in [2.05, 4.69) is 44.5 Å². The highest BCUT2D eigenvalue weighted by Gasteiger charge is 2.59. The first-order valence-electron chi connectivity index (χ1n) is 25.9. The van der Waals surface area contributed by atoms with Gasteiger partial charge < -0.3 is 35.0 Å². The average molecular weight is 1000 g/mol. The highest BCUT2D eigenvalue weighted by atomic mass is 19.1. The van der Waals surface area contributed by atoms with Crippen molar-refractivity contribution in [2.75, 3.05) is 68.4 Å². The normalized spacial score (nSPS) is 25.9. The molecule has 22 heteroatoms. The first-order chi connectivity index (χ1) is 35.3. The Balaban J connectivity index is 0.603. The number of imide groups is 1. The summed E-state index contributed by atoms with van der Waals surface area (Å²) in [5.74, 6) is 0.479. The number of aromatic nitrogens is 7. The molecule has 4 aliphatic carbocycles. The lowest BCUT2D eigenvalue weighted by atomic mass is 9.50. The third kappa shape index (κ3) is 8.77. The first kappa shape index (κ1) is 47.2. The molecule has 8 fully saturated rings. The van der Waals surface area contributed by atoms with E-state index in [0.29, 0.717) is 92.1 Å². The van der Waals surface area contributed by atoms with Crippen molar-refractivity contribution in [2.24, 2.45) is 11.8 Å². The van der Waals surface area contributed by atoms with Crippen molar-refractivity contribution in [3.8, 4) is 22.8 Å². The molecule has 20 nitrogen and oxygen atoms in total. The largest absolute Gasteiger partial charge is 0.439 e. The van der Waals surface area contributed by atoms with Gasteiger partial charge in [0.1, 0.15) is 35.3 Å². The molecule has 4 aromatic heterocycles. The number of nitrogens with two attached hydrogens (primary N) is 1. The van der Waals surface area contributed by atoms with Crippen molar-refractivity contribution in [2.45, 2.75) is 120 Å². The highest BCUT2D eigenvalue weighted by Crippen LogP contribution is 2.63. The molecule has 0 radical (unpaired) electrons. The molecular formula is C51H60F2N14O6.